The molecular weight excluding hydrogens is 198 g/mol. The Bertz CT molecular complexity index is 309. The first-order chi connectivity index (χ1) is 7.20. The summed E-state index contributed by atoms with van der Waals surface area (Å²) in [7, 11) is 1.65. The van der Waals surface area contributed by atoms with Gasteiger partial charge in [0.1, 0.15) is 0 Å². The maximum absolute atomic E-state index is 10.9. The summed E-state index contributed by atoms with van der Waals surface area (Å²) in [4.78, 5) is 26.0. The van der Waals surface area contributed by atoms with Crippen LogP contribution in [-0.2, 0) is 14.3 Å². The van der Waals surface area contributed by atoms with Crippen LogP contribution in [0.4, 0.5) is 0 Å². The van der Waals surface area contributed by atoms with E-state index in [0.717, 1.165) is 19.3 Å². The van der Waals surface area contributed by atoms with Crippen molar-refractivity contribution in [3.05, 3.63) is 0 Å². The summed E-state index contributed by atoms with van der Waals surface area (Å²) in [5.41, 5.74) is 0. The molecule has 2 atom stereocenters. The third kappa shape index (κ3) is 1.99. The minimum Gasteiger partial charge on any atom is -0.379 e. The summed E-state index contributed by atoms with van der Waals surface area (Å²) in [5.74, 6) is -1.06. The van der Waals surface area contributed by atoms with Crippen molar-refractivity contribution in [3.8, 4) is 0 Å². The van der Waals surface area contributed by atoms with Crippen molar-refractivity contribution in [1.82, 2.24) is 10.6 Å². The van der Waals surface area contributed by atoms with Crippen molar-refractivity contribution in [2.75, 3.05) is 7.11 Å². The zero-order chi connectivity index (χ0) is 10.8. The van der Waals surface area contributed by atoms with Gasteiger partial charge in [0.05, 0.1) is 12.1 Å². The Morgan fingerprint density at radius 2 is 1.93 bits per heavy atom. The molecule has 0 spiro atoms. The van der Waals surface area contributed by atoms with Gasteiger partial charge in [-0.1, -0.05) is 0 Å². The molecular formula is C9H13N3O3. The van der Waals surface area contributed by atoms with E-state index in [2.05, 4.69) is 15.6 Å². The Kier molecular flexibility index (Phi) is 2.68. The van der Waals surface area contributed by atoms with Crippen LogP contribution >= 0.6 is 0 Å². The Morgan fingerprint density at radius 1 is 1.27 bits per heavy atom. The Balaban J connectivity index is 2.04. The van der Waals surface area contributed by atoms with E-state index in [0.29, 0.717) is 0 Å². The monoisotopic (exact) mass is 211 g/mol. The van der Waals surface area contributed by atoms with E-state index < -0.39 is 11.8 Å². The quantitative estimate of drug-likeness (QED) is 0.584. The molecule has 2 N–H and O–H groups in total. The molecule has 2 amide bonds. The number of rotatable bonds is 2. The van der Waals surface area contributed by atoms with Gasteiger partial charge in [0.25, 0.3) is 0 Å². The van der Waals surface area contributed by atoms with E-state index in [4.69, 9.17) is 4.74 Å². The number of nitrogens with one attached hydrogen (secondary N) is 2. The predicted molar refractivity (Wildman–Crippen MR) is 52.2 cm³/mol. The highest BCUT2D eigenvalue weighted by atomic mass is 16.5. The van der Waals surface area contributed by atoms with Gasteiger partial charge in [0.15, 0.2) is 0 Å². The number of hydrogen-bond donors (Lipinski definition) is 2. The van der Waals surface area contributed by atoms with E-state index in [9.17, 15) is 9.59 Å². The number of guanidine groups is 1. The molecule has 2 rings (SSSR count). The summed E-state index contributed by atoms with van der Waals surface area (Å²) in [6.07, 6.45) is 3.04. The molecule has 0 aromatic carbocycles. The largest absolute Gasteiger partial charge is 0.379 e. The van der Waals surface area contributed by atoms with Crippen molar-refractivity contribution >= 4 is 17.8 Å². The Hall–Kier alpha value is -1.43. The molecule has 0 aromatic heterocycles. The van der Waals surface area contributed by atoms with E-state index >= 15 is 0 Å². The molecule has 1 saturated heterocycles. The molecule has 1 saturated carbocycles. The summed E-state index contributed by atoms with van der Waals surface area (Å²) >= 11 is 0. The minimum absolute atomic E-state index is 0.0312. The van der Waals surface area contributed by atoms with Crippen molar-refractivity contribution in [2.45, 2.75) is 31.4 Å². The average molecular weight is 211 g/mol. The van der Waals surface area contributed by atoms with Crippen LogP contribution in [-0.4, -0.2) is 37.0 Å². The van der Waals surface area contributed by atoms with Gasteiger partial charge < -0.3 is 4.74 Å². The second-order valence-corrected chi connectivity index (χ2v) is 3.66. The molecule has 0 bridgehead atoms. The highest BCUT2D eigenvalue weighted by Gasteiger charge is 2.30. The lowest BCUT2D eigenvalue weighted by Gasteiger charge is -2.13. The van der Waals surface area contributed by atoms with Crippen LogP contribution in [0.15, 0.2) is 4.99 Å². The topological polar surface area (TPSA) is 79.8 Å². The van der Waals surface area contributed by atoms with Crippen LogP contribution in [0.3, 0.4) is 0 Å². The fraction of sp³-hybridized carbons (Fsp3) is 0.667. The first-order valence-corrected chi connectivity index (χ1v) is 4.93. The van der Waals surface area contributed by atoms with Crippen LogP contribution < -0.4 is 10.6 Å². The lowest BCUT2D eigenvalue weighted by Crippen LogP contribution is -2.30. The average Bonchev–Trinajstić information content (AvgIpc) is 2.75. The normalized spacial score (nSPS) is 30.3. The molecule has 15 heavy (non-hydrogen) atoms. The molecule has 6 heteroatoms. The summed E-state index contributed by atoms with van der Waals surface area (Å²) in [6.45, 7) is 0. The van der Waals surface area contributed by atoms with Crippen molar-refractivity contribution < 1.29 is 14.3 Å². The molecule has 2 unspecified atom stereocenters. The van der Waals surface area contributed by atoms with Gasteiger partial charge in [-0.05, 0) is 19.3 Å². The molecule has 2 aliphatic rings. The lowest BCUT2D eigenvalue weighted by molar-refractivity contribution is -0.135. The molecule has 2 fully saturated rings. The number of methoxy groups -OCH3 is 1. The van der Waals surface area contributed by atoms with Crippen LogP contribution in [0.1, 0.15) is 19.3 Å². The summed E-state index contributed by atoms with van der Waals surface area (Å²) in [6, 6.07) is 0.0312. The molecule has 1 aliphatic heterocycles. The molecule has 6 nitrogen and oxygen atoms in total. The van der Waals surface area contributed by atoms with Crippen LogP contribution in [0.25, 0.3) is 0 Å². The van der Waals surface area contributed by atoms with Gasteiger partial charge in [0.2, 0.25) is 5.96 Å². The summed E-state index contributed by atoms with van der Waals surface area (Å²) < 4.78 is 5.26. The van der Waals surface area contributed by atoms with Crippen molar-refractivity contribution in [2.24, 2.45) is 4.99 Å². The minimum atomic E-state index is -0.652. The second kappa shape index (κ2) is 3.98. The fourth-order valence-electron chi connectivity index (χ4n) is 1.92. The smallest absolute Gasteiger partial charge is 0.316 e. The molecule has 1 aliphatic carbocycles. The van der Waals surface area contributed by atoms with E-state index in [1.54, 1.807) is 7.11 Å². The van der Waals surface area contributed by atoms with E-state index in [1.165, 1.54) is 0 Å². The number of carbonyl (C=O) groups is 2. The summed E-state index contributed by atoms with van der Waals surface area (Å²) in [5, 5.41) is 4.74. The molecule has 0 aromatic rings. The number of amides is 2. The van der Waals surface area contributed by atoms with E-state index in [1.807, 2.05) is 0 Å². The highest BCUT2D eigenvalue weighted by Crippen LogP contribution is 2.24. The maximum Gasteiger partial charge on any atom is 0.316 e. The Morgan fingerprint density at radius 3 is 2.53 bits per heavy atom. The van der Waals surface area contributed by atoms with Crippen LogP contribution in [0.2, 0.25) is 0 Å². The van der Waals surface area contributed by atoms with Gasteiger partial charge in [-0.25, -0.2) is 4.99 Å². The van der Waals surface area contributed by atoms with Crippen molar-refractivity contribution in [1.29, 1.82) is 0 Å². The van der Waals surface area contributed by atoms with Crippen LogP contribution in [0.5, 0.6) is 0 Å². The number of carbonyl (C=O) groups excluding carboxylic acids is 2. The number of nitrogens with zero attached hydrogens (tertiary/aromatic N) is 1. The number of aliphatic imine (C=N–C) groups is 1. The first kappa shape index (κ1) is 10.1. The third-order valence-corrected chi connectivity index (χ3v) is 2.69. The first-order valence-electron chi connectivity index (χ1n) is 4.93. The molecule has 1 heterocycles. The molecule has 82 valence electrons. The SMILES string of the molecule is COC1CCCC1N=C1NC(=O)C(=O)N1. The Labute approximate surface area is 87.1 Å². The number of ether oxygens (including phenoxy) is 1. The lowest BCUT2D eigenvalue weighted by atomic mass is 10.2. The zero-order valence-corrected chi connectivity index (χ0v) is 8.45. The fourth-order valence-corrected chi connectivity index (χ4v) is 1.92. The van der Waals surface area contributed by atoms with Gasteiger partial charge in [0, 0.05) is 7.11 Å². The van der Waals surface area contributed by atoms with Gasteiger partial charge in [-0.3, -0.25) is 20.2 Å². The highest BCUT2D eigenvalue weighted by molar-refractivity contribution is 6.45. The van der Waals surface area contributed by atoms with Gasteiger partial charge >= 0.3 is 11.8 Å². The zero-order valence-electron chi connectivity index (χ0n) is 8.45. The van der Waals surface area contributed by atoms with Gasteiger partial charge in [-0.2, -0.15) is 0 Å². The standard InChI is InChI=1S/C9H13N3O3/c1-15-6-4-2-3-5(6)10-9-11-7(13)8(14)12-9/h5-6H,2-4H2,1H3,(H2,10,11,12,13,14). The maximum atomic E-state index is 10.9. The van der Waals surface area contributed by atoms with Crippen molar-refractivity contribution in [3.63, 3.8) is 0 Å². The molecule has 0 radical (unpaired) electrons. The second-order valence-electron chi connectivity index (χ2n) is 3.66. The van der Waals surface area contributed by atoms with Crippen LogP contribution in [0, 0.1) is 0 Å². The third-order valence-electron chi connectivity index (χ3n) is 2.69. The van der Waals surface area contributed by atoms with Gasteiger partial charge in [-0.15, -0.1) is 0 Å². The number of hydrogen-bond acceptors (Lipinski definition) is 4. The van der Waals surface area contributed by atoms with E-state index in [-0.39, 0.29) is 18.1 Å². The predicted octanol–water partition coefficient (Wildman–Crippen LogP) is -0.844.